The maximum atomic E-state index is 13.1. The van der Waals surface area contributed by atoms with E-state index in [2.05, 4.69) is 10.1 Å². The molecule has 0 saturated carbocycles. The number of hydrogen-bond acceptors (Lipinski definition) is 11. The molecule has 208 valence electrons. The molecule has 2 N–H and O–H groups in total. The second kappa shape index (κ2) is 12.2. The Morgan fingerprint density at radius 2 is 1.24 bits per heavy atom. The Hall–Kier alpha value is -5.36. The number of aromatic nitrogens is 3. The summed E-state index contributed by atoms with van der Waals surface area (Å²) in [5.41, 5.74) is 5.41. The van der Waals surface area contributed by atoms with Crippen molar-refractivity contribution >= 4 is 23.7 Å². The molecular formula is C29H24N4O8. The highest BCUT2D eigenvalue weighted by Gasteiger charge is 2.52. The maximum Gasteiger partial charge on any atom is 0.368 e. The van der Waals surface area contributed by atoms with Crippen molar-refractivity contribution < 1.29 is 33.3 Å². The second-order valence-electron chi connectivity index (χ2n) is 8.91. The molecule has 0 unspecified atom stereocenters. The first kappa shape index (κ1) is 27.2. The van der Waals surface area contributed by atoms with E-state index in [9.17, 15) is 19.2 Å². The van der Waals surface area contributed by atoms with Gasteiger partial charge in [0.2, 0.25) is 0 Å². The van der Waals surface area contributed by atoms with Gasteiger partial charge in [0.1, 0.15) is 18.5 Å². The third-order valence-corrected chi connectivity index (χ3v) is 6.16. The van der Waals surface area contributed by atoms with Crippen molar-refractivity contribution in [1.82, 2.24) is 14.8 Å². The third kappa shape index (κ3) is 6.28. The van der Waals surface area contributed by atoms with Crippen LogP contribution >= 0.6 is 0 Å². The van der Waals surface area contributed by atoms with Crippen molar-refractivity contribution in [3.8, 4) is 0 Å². The van der Waals surface area contributed by atoms with Gasteiger partial charge in [-0.3, -0.25) is 0 Å². The number of nitrogens with zero attached hydrogens (tertiary/aromatic N) is 3. The minimum absolute atomic E-state index is 0.137. The summed E-state index contributed by atoms with van der Waals surface area (Å²) in [6.07, 6.45) is -4.17. The van der Waals surface area contributed by atoms with Crippen LogP contribution in [-0.4, -0.2) is 57.6 Å². The van der Waals surface area contributed by atoms with Crippen LogP contribution in [-0.2, 0) is 18.9 Å². The van der Waals surface area contributed by atoms with Crippen LogP contribution in [0.2, 0.25) is 0 Å². The number of rotatable bonds is 8. The maximum absolute atomic E-state index is 13.1. The molecule has 0 bridgehead atoms. The number of ether oxygens (including phenoxy) is 4. The Kier molecular flexibility index (Phi) is 8.11. The summed E-state index contributed by atoms with van der Waals surface area (Å²) in [7, 11) is 0. The lowest BCUT2D eigenvalue weighted by Crippen LogP contribution is -2.43. The molecule has 1 aliphatic heterocycles. The van der Waals surface area contributed by atoms with Gasteiger partial charge in [0.25, 0.3) is 0 Å². The minimum Gasteiger partial charge on any atom is -0.459 e. The molecule has 41 heavy (non-hydrogen) atoms. The number of benzene rings is 3. The van der Waals surface area contributed by atoms with Gasteiger partial charge in [0.05, 0.1) is 22.9 Å². The van der Waals surface area contributed by atoms with Crippen LogP contribution in [0, 0.1) is 0 Å². The average molecular weight is 557 g/mol. The molecule has 12 heteroatoms. The van der Waals surface area contributed by atoms with E-state index in [1.54, 1.807) is 78.9 Å². The molecule has 3 aromatic carbocycles. The van der Waals surface area contributed by atoms with E-state index >= 15 is 0 Å². The van der Waals surface area contributed by atoms with E-state index in [1.165, 1.54) is 12.1 Å². The standard InChI is InChI=1S/C29H24N4O8/c30-22-16-31-33(29(37)32-22)25-24(41-28(36)20-14-8-3-9-15-20)23(40-27(35)19-12-6-2-7-13-19)21(39-25)17-38-26(34)18-10-4-1-5-11-18/h1-16,21,23-25H,17H2,(H2,30,32,37)/t21-,23-,24-,25-/m1/s1. The number of hydrogen-bond donors (Lipinski definition) is 1. The van der Waals surface area contributed by atoms with Gasteiger partial charge in [-0.1, -0.05) is 54.6 Å². The largest absolute Gasteiger partial charge is 0.459 e. The quantitative estimate of drug-likeness (QED) is 0.251. The average Bonchev–Trinajstić information content (AvgIpc) is 3.33. The van der Waals surface area contributed by atoms with Crippen LogP contribution in [0.15, 0.2) is 102 Å². The molecule has 2 heterocycles. The molecule has 1 aromatic heterocycles. The SMILES string of the molecule is Nc1cnn([C@@H]2O[C@H](COC(=O)c3ccccc3)[C@@H](OC(=O)c3ccccc3)[C@H]2OC(=O)c2ccccc2)c(=O)n1. The fraction of sp³-hybridized carbons (Fsp3) is 0.172. The van der Waals surface area contributed by atoms with Gasteiger partial charge in [0, 0.05) is 0 Å². The molecule has 0 amide bonds. The highest BCUT2D eigenvalue weighted by Crippen LogP contribution is 2.34. The fourth-order valence-electron chi connectivity index (χ4n) is 4.19. The zero-order valence-electron chi connectivity index (χ0n) is 21.4. The summed E-state index contributed by atoms with van der Waals surface area (Å²) in [6.45, 7) is -0.409. The Morgan fingerprint density at radius 3 is 1.76 bits per heavy atom. The summed E-state index contributed by atoms with van der Waals surface area (Å²) in [5.74, 6) is -2.32. The van der Waals surface area contributed by atoms with Gasteiger partial charge >= 0.3 is 23.6 Å². The van der Waals surface area contributed by atoms with E-state index in [1.807, 2.05) is 0 Å². The van der Waals surface area contributed by atoms with Crippen LogP contribution in [0.25, 0.3) is 0 Å². The van der Waals surface area contributed by atoms with E-state index in [4.69, 9.17) is 24.7 Å². The molecule has 1 aliphatic rings. The molecule has 4 aromatic rings. The normalized spacial score (nSPS) is 19.7. The van der Waals surface area contributed by atoms with Gasteiger partial charge < -0.3 is 24.7 Å². The Bertz CT molecular complexity index is 1580. The zero-order valence-corrected chi connectivity index (χ0v) is 21.4. The van der Waals surface area contributed by atoms with E-state index < -0.39 is 54.7 Å². The summed E-state index contributed by atoms with van der Waals surface area (Å²) in [6, 6.07) is 24.4. The molecular weight excluding hydrogens is 532 g/mol. The predicted octanol–water partition coefficient (Wildman–Crippen LogP) is 2.43. The van der Waals surface area contributed by atoms with Crippen molar-refractivity contribution in [2.24, 2.45) is 0 Å². The van der Waals surface area contributed by atoms with Gasteiger partial charge in [-0.15, -0.1) is 0 Å². The second-order valence-corrected chi connectivity index (χ2v) is 8.91. The van der Waals surface area contributed by atoms with Crippen molar-refractivity contribution in [2.45, 2.75) is 24.5 Å². The van der Waals surface area contributed by atoms with Crippen LogP contribution in [0.3, 0.4) is 0 Å². The number of carbonyl (C=O) groups excluding carboxylic acids is 3. The van der Waals surface area contributed by atoms with Crippen molar-refractivity contribution in [3.63, 3.8) is 0 Å². The van der Waals surface area contributed by atoms with Gasteiger partial charge in [-0.25, -0.2) is 19.2 Å². The van der Waals surface area contributed by atoms with E-state index in [0.29, 0.717) is 0 Å². The number of esters is 3. The zero-order chi connectivity index (χ0) is 28.8. The number of nitrogens with two attached hydrogens (primary N) is 1. The first-order chi connectivity index (χ1) is 19.9. The van der Waals surface area contributed by atoms with Gasteiger partial charge in [-0.05, 0) is 36.4 Å². The Morgan fingerprint density at radius 1 is 0.756 bits per heavy atom. The fourth-order valence-corrected chi connectivity index (χ4v) is 4.19. The van der Waals surface area contributed by atoms with E-state index in [0.717, 1.165) is 10.9 Å². The first-order valence-electron chi connectivity index (χ1n) is 12.5. The molecule has 1 saturated heterocycles. The van der Waals surface area contributed by atoms with Crippen LogP contribution in [0.1, 0.15) is 37.3 Å². The van der Waals surface area contributed by atoms with Crippen molar-refractivity contribution in [2.75, 3.05) is 12.3 Å². The monoisotopic (exact) mass is 556 g/mol. The number of carbonyl (C=O) groups is 3. The number of anilines is 1. The highest BCUT2D eigenvalue weighted by molar-refractivity contribution is 5.91. The van der Waals surface area contributed by atoms with E-state index in [-0.39, 0.29) is 22.5 Å². The summed E-state index contributed by atoms with van der Waals surface area (Å²) >= 11 is 0. The smallest absolute Gasteiger partial charge is 0.368 e. The molecule has 4 atom stereocenters. The lowest BCUT2D eigenvalue weighted by atomic mass is 10.1. The van der Waals surface area contributed by atoms with Crippen molar-refractivity contribution in [1.29, 1.82) is 0 Å². The highest BCUT2D eigenvalue weighted by atomic mass is 16.7. The van der Waals surface area contributed by atoms with Crippen molar-refractivity contribution in [3.05, 3.63) is 124 Å². The Labute approximate surface area is 233 Å². The predicted molar refractivity (Wildman–Crippen MR) is 143 cm³/mol. The minimum atomic E-state index is -1.41. The topological polar surface area (TPSA) is 162 Å². The van der Waals surface area contributed by atoms with Crippen LogP contribution < -0.4 is 11.4 Å². The van der Waals surface area contributed by atoms with Gasteiger partial charge in [0.15, 0.2) is 18.4 Å². The lowest BCUT2D eigenvalue weighted by molar-refractivity contribution is -0.0698. The molecule has 0 radical (unpaired) electrons. The number of nitrogen functional groups attached to an aromatic ring is 1. The third-order valence-electron chi connectivity index (χ3n) is 6.16. The molecule has 12 nitrogen and oxygen atoms in total. The lowest BCUT2D eigenvalue weighted by Gasteiger charge is -2.24. The molecule has 5 rings (SSSR count). The summed E-state index contributed by atoms with van der Waals surface area (Å²) < 4.78 is 23.9. The Balaban J connectivity index is 1.49. The molecule has 1 fully saturated rings. The first-order valence-corrected chi connectivity index (χ1v) is 12.5. The van der Waals surface area contributed by atoms with Crippen LogP contribution in [0.4, 0.5) is 5.82 Å². The summed E-state index contributed by atoms with van der Waals surface area (Å²) in [4.78, 5) is 55.3. The molecule has 0 spiro atoms. The molecule has 0 aliphatic carbocycles. The summed E-state index contributed by atoms with van der Waals surface area (Å²) in [5, 5.41) is 3.99. The van der Waals surface area contributed by atoms with Crippen LogP contribution in [0.5, 0.6) is 0 Å². The van der Waals surface area contributed by atoms with Gasteiger partial charge in [-0.2, -0.15) is 14.8 Å².